The topological polar surface area (TPSA) is 75.8 Å². The van der Waals surface area contributed by atoms with E-state index in [-0.39, 0.29) is 23.4 Å². The number of halogens is 1. The van der Waals surface area contributed by atoms with Gasteiger partial charge in [0.2, 0.25) is 5.91 Å². The number of anilines is 1. The van der Waals surface area contributed by atoms with Crippen molar-refractivity contribution < 1.29 is 14.0 Å². The molecule has 0 heterocycles. The molecule has 5 unspecified atom stereocenters. The summed E-state index contributed by atoms with van der Waals surface area (Å²) in [7, 11) is 0. The molecule has 5 nitrogen and oxygen atoms in total. The molecule has 2 fully saturated rings. The number of ketones is 1. The smallest absolute Gasteiger partial charge is 0.221 e. The van der Waals surface area contributed by atoms with Gasteiger partial charge in [-0.1, -0.05) is 39.8 Å². The van der Waals surface area contributed by atoms with Gasteiger partial charge in [0.1, 0.15) is 5.83 Å². The van der Waals surface area contributed by atoms with Crippen LogP contribution in [0.25, 0.3) is 0 Å². The Morgan fingerprint density at radius 3 is 2.24 bits per heavy atom. The second-order valence-corrected chi connectivity index (χ2v) is 11.9. The van der Waals surface area contributed by atoms with Crippen LogP contribution in [0.3, 0.4) is 0 Å². The second kappa shape index (κ2) is 17.7. The van der Waals surface area contributed by atoms with E-state index < -0.39 is 0 Å². The van der Waals surface area contributed by atoms with E-state index in [4.69, 9.17) is 5.73 Å². The molecule has 0 aliphatic heterocycles. The van der Waals surface area contributed by atoms with Crippen LogP contribution in [0.5, 0.6) is 0 Å². The number of rotatable bonds is 11. The van der Waals surface area contributed by atoms with Crippen LogP contribution in [0.4, 0.5) is 10.1 Å². The molecule has 6 heteroatoms. The van der Waals surface area contributed by atoms with E-state index in [0.29, 0.717) is 23.1 Å². The monoisotopic (exact) mass is 567 g/mol. The molecule has 0 radical (unpaired) electrons. The third-order valence-corrected chi connectivity index (χ3v) is 8.19. The van der Waals surface area contributed by atoms with Crippen molar-refractivity contribution in [1.29, 1.82) is 0 Å². The molecule has 2 aliphatic carbocycles. The molecule has 2 bridgehead atoms. The Morgan fingerprint density at radius 2 is 1.78 bits per heavy atom. The van der Waals surface area contributed by atoms with E-state index in [1.807, 2.05) is 25.1 Å². The molecule has 5 atom stereocenters. The highest BCUT2D eigenvalue weighted by atomic mass is 19.1. The minimum absolute atomic E-state index is 0.0606. The summed E-state index contributed by atoms with van der Waals surface area (Å²) in [6.45, 7) is 24.6. The minimum atomic E-state index is -0.289. The van der Waals surface area contributed by atoms with Crippen molar-refractivity contribution >= 4 is 23.6 Å². The molecule has 1 aromatic carbocycles. The minimum Gasteiger partial charge on any atom is -0.371 e. The van der Waals surface area contributed by atoms with Crippen LogP contribution in [0, 0.1) is 36.5 Å². The van der Waals surface area contributed by atoms with Crippen molar-refractivity contribution in [2.75, 3.05) is 18.0 Å². The number of hydrogen-bond donors (Lipinski definition) is 1. The van der Waals surface area contributed by atoms with E-state index in [9.17, 15) is 14.0 Å². The fourth-order valence-electron chi connectivity index (χ4n) is 6.13. The van der Waals surface area contributed by atoms with Gasteiger partial charge in [-0.05, 0) is 113 Å². The van der Waals surface area contributed by atoms with Gasteiger partial charge in [-0.3, -0.25) is 14.6 Å². The Kier molecular flexibility index (Phi) is 15.6. The summed E-state index contributed by atoms with van der Waals surface area (Å²) in [5.74, 6) is 2.78. The fraction of sp³-hybridized carbons (Fsp3) is 0.571. The molecule has 1 amide bonds. The van der Waals surface area contributed by atoms with Gasteiger partial charge >= 0.3 is 0 Å². The number of hydrogen-bond acceptors (Lipinski definition) is 4. The van der Waals surface area contributed by atoms with Crippen LogP contribution in [-0.2, 0) is 4.79 Å². The number of aryl methyl sites for hydroxylation is 1. The lowest BCUT2D eigenvalue weighted by Gasteiger charge is -2.31. The van der Waals surface area contributed by atoms with Crippen LogP contribution < -0.4 is 10.6 Å². The molecule has 2 saturated carbocycles. The zero-order valence-electron chi connectivity index (χ0n) is 26.8. The van der Waals surface area contributed by atoms with Gasteiger partial charge in [-0.15, -0.1) is 6.58 Å². The van der Waals surface area contributed by atoms with Crippen LogP contribution >= 0.6 is 0 Å². The van der Waals surface area contributed by atoms with Gasteiger partial charge in [0.25, 0.3) is 0 Å². The predicted molar refractivity (Wildman–Crippen MR) is 173 cm³/mol. The lowest BCUT2D eigenvalue weighted by Crippen LogP contribution is -2.35. The number of nitrogens with zero attached hydrogens (tertiary/aromatic N) is 2. The number of primary amides is 1. The fourth-order valence-corrected chi connectivity index (χ4v) is 6.13. The Balaban J connectivity index is 0.000000322. The van der Waals surface area contributed by atoms with Gasteiger partial charge < -0.3 is 10.6 Å². The molecular weight excluding hydrogens is 513 g/mol. The highest BCUT2D eigenvalue weighted by molar-refractivity contribution is 5.95. The SMILES string of the molecule is C=C(C)N=CC(F)=C(C)C.C=CCCN(CCC)c1cc(C)cc(C(C)=O)c1.CCC1CC2CC1C(C)C2C(N)=O. The first kappa shape index (κ1) is 36.0. The van der Waals surface area contributed by atoms with Gasteiger partial charge in [0.15, 0.2) is 5.78 Å². The van der Waals surface area contributed by atoms with E-state index in [1.165, 1.54) is 25.5 Å². The number of carbonyl (C=O) groups is 2. The predicted octanol–water partition coefficient (Wildman–Crippen LogP) is 8.63. The van der Waals surface area contributed by atoms with Crippen molar-refractivity contribution in [3.8, 4) is 0 Å². The number of fused-ring (bicyclic) bond motifs is 2. The summed E-state index contributed by atoms with van der Waals surface area (Å²) in [5, 5.41) is 0. The molecule has 228 valence electrons. The molecule has 0 spiro atoms. The first-order valence-corrected chi connectivity index (χ1v) is 15.1. The normalized spacial score (nSPS) is 22.2. The van der Waals surface area contributed by atoms with Crippen molar-refractivity contribution in [1.82, 2.24) is 0 Å². The molecule has 2 N–H and O–H groups in total. The number of aliphatic imine (C=N–C) groups is 1. The third-order valence-electron chi connectivity index (χ3n) is 8.19. The maximum atomic E-state index is 12.6. The van der Waals surface area contributed by atoms with Gasteiger partial charge in [-0.25, -0.2) is 4.39 Å². The molecule has 2 aliphatic rings. The lowest BCUT2D eigenvalue weighted by atomic mass is 9.74. The van der Waals surface area contributed by atoms with Crippen molar-refractivity contribution in [3.63, 3.8) is 0 Å². The molecular formula is C35H54FN3O2. The van der Waals surface area contributed by atoms with Crippen LogP contribution in [0.15, 0.2) is 59.5 Å². The summed E-state index contributed by atoms with van der Waals surface area (Å²) in [6.07, 6.45) is 8.95. The van der Waals surface area contributed by atoms with Crippen molar-refractivity contribution in [2.45, 2.75) is 87.5 Å². The lowest BCUT2D eigenvalue weighted by molar-refractivity contribution is -0.125. The zero-order chi connectivity index (χ0) is 31.3. The van der Waals surface area contributed by atoms with E-state index in [1.54, 1.807) is 27.7 Å². The molecule has 0 saturated heterocycles. The maximum absolute atomic E-state index is 12.6. The van der Waals surface area contributed by atoms with Crippen molar-refractivity contribution in [2.24, 2.45) is 40.3 Å². The average molecular weight is 568 g/mol. The first-order valence-electron chi connectivity index (χ1n) is 15.1. The van der Waals surface area contributed by atoms with E-state index in [0.717, 1.165) is 54.6 Å². The second-order valence-electron chi connectivity index (χ2n) is 11.9. The highest BCUT2D eigenvalue weighted by Gasteiger charge is 2.51. The van der Waals surface area contributed by atoms with Gasteiger partial charge in [-0.2, -0.15) is 0 Å². The number of benzene rings is 1. The summed E-state index contributed by atoms with van der Waals surface area (Å²) >= 11 is 0. The Hall–Kier alpha value is -3.02. The van der Waals surface area contributed by atoms with Crippen LogP contribution in [0.1, 0.15) is 96.5 Å². The average Bonchev–Trinajstić information content (AvgIpc) is 3.47. The van der Waals surface area contributed by atoms with Crippen LogP contribution in [-0.4, -0.2) is 31.0 Å². The summed E-state index contributed by atoms with van der Waals surface area (Å²) < 4.78 is 12.6. The number of nitrogens with two attached hydrogens (primary N) is 1. The largest absolute Gasteiger partial charge is 0.371 e. The Labute approximate surface area is 248 Å². The molecule has 41 heavy (non-hydrogen) atoms. The first-order chi connectivity index (χ1) is 19.3. The Morgan fingerprint density at radius 1 is 1.12 bits per heavy atom. The zero-order valence-corrected chi connectivity index (χ0v) is 26.8. The number of Topliss-reactive ketones (excluding diaryl/α,β-unsaturated/α-hetero) is 1. The molecule has 1 aromatic rings. The third kappa shape index (κ3) is 11.4. The van der Waals surface area contributed by atoms with Gasteiger partial charge in [0.05, 0.1) is 6.21 Å². The molecule has 3 rings (SSSR count). The van der Waals surface area contributed by atoms with Crippen molar-refractivity contribution in [3.05, 3.63) is 65.7 Å². The molecule has 0 aromatic heterocycles. The number of allylic oxidation sites excluding steroid dienone is 3. The summed E-state index contributed by atoms with van der Waals surface area (Å²) in [5.41, 5.74) is 9.74. The highest BCUT2D eigenvalue weighted by Crippen LogP contribution is 2.55. The standard InChI is InChI=1S/C16H23NO.C11H19NO.C8H12FN/c1-5-7-9-17(8-6-2)16-11-13(3)10-15(12-16)14(4)18;1-3-7-4-8-5-9(7)6(2)10(8)11(12)13;1-6(2)8(9)5-10-7(3)4/h5,10-12H,1,6-9H2,2-4H3;6-10H,3-5H2,1-2H3,(H2,12,13);5H,3H2,1-2,4H3. The van der Waals surface area contributed by atoms with Crippen LogP contribution in [0.2, 0.25) is 0 Å². The number of amides is 1. The Bertz CT molecular complexity index is 1100. The number of carbonyl (C=O) groups excluding carboxylic acids is 2. The van der Waals surface area contributed by atoms with E-state index >= 15 is 0 Å². The maximum Gasteiger partial charge on any atom is 0.221 e. The quantitative estimate of drug-likeness (QED) is 0.165. The van der Waals surface area contributed by atoms with E-state index in [2.05, 4.69) is 49.9 Å². The van der Waals surface area contributed by atoms with Gasteiger partial charge in [0, 0.05) is 36.0 Å². The summed E-state index contributed by atoms with van der Waals surface area (Å²) in [6, 6.07) is 6.09. The summed E-state index contributed by atoms with van der Waals surface area (Å²) in [4.78, 5) is 28.7.